The second kappa shape index (κ2) is 4.03. The molecule has 1 aliphatic rings. The predicted octanol–water partition coefficient (Wildman–Crippen LogP) is 1.49. The number of aryl methyl sites for hydroxylation is 1. The Morgan fingerprint density at radius 1 is 1.27 bits per heavy atom. The van der Waals surface area contributed by atoms with Crippen LogP contribution in [0, 0.1) is 6.92 Å². The van der Waals surface area contributed by atoms with Crippen molar-refractivity contribution in [2.75, 3.05) is 0 Å². The lowest BCUT2D eigenvalue weighted by Gasteiger charge is -2.29. The summed E-state index contributed by atoms with van der Waals surface area (Å²) in [6.45, 7) is 4.08. The van der Waals surface area contributed by atoms with Gasteiger partial charge in [0, 0.05) is 12.5 Å². The van der Waals surface area contributed by atoms with Crippen LogP contribution in [0.5, 0.6) is 0 Å². The summed E-state index contributed by atoms with van der Waals surface area (Å²) >= 11 is 0. The second-order valence-corrected chi connectivity index (χ2v) is 4.18. The first-order valence-electron chi connectivity index (χ1n) is 5.27. The van der Waals surface area contributed by atoms with Gasteiger partial charge in [0.1, 0.15) is 6.17 Å². The van der Waals surface area contributed by atoms with Crippen molar-refractivity contribution < 1.29 is 4.79 Å². The average molecular weight is 204 g/mol. The zero-order valence-corrected chi connectivity index (χ0v) is 9.08. The highest BCUT2D eigenvalue weighted by atomic mass is 16.2. The van der Waals surface area contributed by atoms with E-state index in [1.165, 1.54) is 5.56 Å². The third-order valence-corrected chi connectivity index (χ3v) is 2.66. The van der Waals surface area contributed by atoms with Crippen molar-refractivity contribution in [3.63, 3.8) is 0 Å². The minimum Gasteiger partial charge on any atom is -0.337 e. The summed E-state index contributed by atoms with van der Waals surface area (Å²) in [5.74, 6) is 0.117. The van der Waals surface area contributed by atoms with E-state index in [-0.39, 0.29) is 18.1 Å². The number of rotatable bonds is 1. The number of amides is 1. The summed E-state index contributed by atoms with van der Waals surface area (Å²) in [5, 5.41) is 6.28. The molecule has 1 saturated heterocycles. The Kier molecular flexibility index (Phi) is 2.73. The van der Waals surface area contributed by atoms with Crippen LogP contribution < -0.4 is 10.6 Å². The molecule has 0 radical (unpaired) electrons. The minimum absolute atomic E-state index is 0.0400. The van der Waals surface area contributed by atoms with Crippen molar-refractivity contribution in [2.24, 2.45) is 0 Å². The summed E-state index contributed by atoms with van der Waals surface area (Å²) < 4.78 is 0. The highest BCUT2D eigenvalue weighted by Crippen LogP contribution is 2.15. The highest BCUT2D eigenvalue weighted by molar-refractivity contribution is 5.77. The first-order valence-corrected chi connectivity index (χ1v) is 5.27. The van der Waals surface area contributed by atoms with Gasteiger partial charge < -0.3 is 5.32 Å². The number of hydrogen-bond donors (Lipinski definition) is 2. The first kappa shape index (κ1) is 10.2. The number of nitrogens with one attached hydrogen (secondary N) is 2. The smallest absolute Gasteiger partial charge is 0.223 e. The van der Waals surface area contributed by atoms with Gasteiger partial charge in [0.25, 0.3) is 0 Å². The standard InChI is InChI=1S/C12H16N2O/c1-8-3-5-10(6-4-8)12-13-9(2)7-11(15)14-12/h3-6,9,12-13H,7H2,1-2H3,(H,14,15). The summed E-state index contributed by atoms with van der Waals surface area (Å²) in [4.78, 5) is 11.4. The van der Waals surface area contributed by atoms with Crippen LogP contribution in [0.15, 0.2) is 24.3 Å². The number of carbonyl (C=O) groups excluding carboxylic acids is 1. The normalized spacial score (nSPS) is 26.1. The van der Waals surface area contributed by atoms with Gasteiger partial charge in [-0.15, -0.1) is 0 Å². The van der Waals surface area contributed by atoms with E-state index >= 15 is 0 Å². The van der Waals surface area contributed by atoms with Gasteiger partial charge in [-0.2, -0.15) is 0 Å². The van der Waals surface area contributed by atoms with Gasteiger partial charge in [-0.3, -0.25) is 10.1 Å². The molecule has 2 N–H and O–H groups in total. The molecule has 15 heavy (non-hydrogen) atoms. The molecule has 0 aromatic heterocycles. The second-order valence-electron chi connectivity index (χ2n) is 4.18. The molecule has 0 aliphatic carbocycles. The first-order chi connectivity index (χ1) is 7.15. The summed E-state index contributed by atoms with van der Waals surface area (Å²) in [7, 11) is 0. The van der Waals surface area contributed by atoms with Crippen molar-refractivity contribution in [3.8, 4) is 0 Å². The van der Waals surface area contributed by atoms with Crippen LogP contribution in [0.2, 0.25) is 0 Å². The molecular formula is C12H16N2O. The van der Waals surface area contributed by atoms with Crippen molar-refractivity contribution in [3.05, 3.63) is 35.4 Å². The molecule has 1 aliphatic heterocycles. The Labute approximate surface area is 89.9 Å². The SMILES string of the molecule is Cc1ccc(C2NC(=O)CC(C)N2)cc1. The van der Waals surface area contributed by atoms with Crippen LogP contribution in [-0.2, 0) is 4.79 Å². The van der Waals surface area contributed by atoms with Gasteiger partial charge in [-0.05, 0) is 19.4 Å². The Bertz CT molecular complexity index is 358. The van der Waals surface area contributed by atoms with Crippen molar-refractivity contribution in [1.29, 1.82) is 0 Å². The van der Waals surface area contributed by atoms with Gasteiger partial charge in [0.2, 0.25) is 5.91 Å². The van der Waals surface area contributed by atoms with E-state index in [0.717, 1.165) is 5.56 Å². The van der Waals surface area contributed by atoms with Gasteiger partial charge in [-0.25, -0.2) is 0 Å². The quantitative estimate of drug-likeness (QED) is 0.727. The van der Waals surface area contributed by atoms with Gasteiger partial charge in [-0.1, -0.05) is 29.8 Å². The Morgan fingerprint density at radius 2 is 1.93 bits per heavy atom. The zero-order chi connectivity index (χ0) is 10.8. The molecular weight excluding hydrogens is 188 g/mol. The van der Waals surface area contributed by atoms with Crippen LogP contribution in [0.4, 0.5) is 0 Å². The van der Waals surface area contributed by atoms with Gasteiger partial charge in [0.05, 0.1) is 0 Å². The van der Waals surface area contributed by atoms with Crippen LogP contribution in [0.3, 0.4) is 0 Å². The van der Waals surface area contributed by atoms with Gasteiger partial charge in [0.15, 0.2) is 0 Å². The largest absolute Gasteiger partial charge is 0.337 e. The number of benzene rings is 1. The maximum absolute atomic E-state index is 11.4. The van der Waals surface area contributed by atoms with E-state index in [9.17, 15) is 4.79 Å². The molecule has 0 spiro atoms. The van der Waals surface area contributed by atoms with E-state index in [0.29, 0.717) is 6.42 Å². The third kappa shape index (κ3) is 2.36. The predicted molar refractivity (Wildman–Crippen MR) is 59.3 cm³/mol. The molecule has 0 saturated carbocycles. The molecule has 1 aromatic rings. The molecule has 2 unspecified atom stereocenters. The Morgan fingerprint density at radius 3 is 2.53 bits per heavy atom. The third-order valence-electron chi connectivity index (χ3n) is 2.66. The lowest BCUT2D eigenvalue weighted by atomic mass is 10.1. The van der Waals surface area contributed by atoms with E-state index < -0.39 is 0 Å². The van der Waals surface area contributed by atoms with E-state index in [1.54, 1.807) is 0 Å². The van der Waals surface area contributed by atoms with Crippen molar-refractivity contribution >= 4 is 5.91 Å². The number of hydrogen-bond acceptors (Lipinski definition) is 2. The topological polar surface area (TPSA) is 41.1 Å². The van der Waals surface area contributed by atoms with Crippen LogP contribution >= 0.6 is 0 Å². The lowest BCUT2D eigenvalue weighted by molar-refractivity contribution is -0.124. The van der Waals surface area contributed by atoms with Gasteiger partial charge >= 0.3 is 0 Å². The molecule has 2 atom stereocenters. The van der Waals surface area contributed by atoms with Crippen LogP contribution in [0.25, 0.3) is 0 Å². The maximum Gasteiger partial charge on any atom is 0.223 e. The molecule has 80 valence electrons. The average Bonchev–Trinajstić information content (AvgIpc) is 2.17. The zero-order valence-electron chi connectivity index (χ0n) is 9.08. The molecule has 3 heteroatoms. The van der Waals surface area contributed by atoms with Crippen LogP contribution in [0.1, 0.15) is 30.6 Å². The summed E-state index contributed by atoms with van der Waals surface area (Å²) in [6.07, 6.45) is 0.518. The molecule has 1 amide bonds. The van der Waals surface area contributed by atoms with Crippen molar-refractivity contribution in [1.82, 2.24) is 10.6 Å². The maximum atomic E-state index is 11.4. The fraction of sp³-hybridized carbons (Fsp3) is 0.417. The van der Waals surface area contributed by atoms with E-state index in [2.05, 4.69) is 29.7 Å². The molecule has 1 fully saturated rings. The molecule has 2 rings (SSSR count). The fourth-order valence-corrected chi connectivity index (χ4v) is 1.82. The van der Waals surface area contributed by atoms with E-state index in [1.807, 2.05) is 19.1 Å². The van der Waals surface area contributed by atoms with Crippen LogP contribution in [-0.4, -0.2) is 11.9 Å². The highest BCUT2D eigenvalue weighted by Gasteiger charge is 2.23. The molecule has 0 bridgehead atoms. The fourth-order valence-electron chi connectivity index (χ4n) is 1.82. The minimum atomic E-state index is -0.0400. The summed E-state index contributed by atoms with van der Waals surface area (Å²) in [6, 6.07) is 8.45. The lowest BCUT2D eigenvalue weighted by Crippen LogP contribution is -2.49. The molecule has 1 aromatic carbocycles. The van der Waals surface area contributed by atoms with Crippen molar-refractivity contribution in [2.45, 2.75) is 32.5 Å². The molecule has 1 heterocycles. The number of carbonyl (C=O) groups is 1. The Balaban J connectivity index is 2.16. The Hall–Kier alpha value is -1.35. The monoisotopic (exact) mass is 204 g/mol. The summed E-state index contributed by atoms with van der Waals surface area (Å²) in [5.41, 5.74) is 2.34. The molecule has 3 nitrogen and oxygen atoms in total. The van der Waals surface area contributed by atoms with E-state index in [4.69, 9.17) is 0 Å².